The molecule has 1 aliphatic heterocycles. The van der Waals surface area contributed by atoms with Gasteiger partial charge in [0.1, 0.15) is 0 Å². The van der Waals surface area contributed by atoms with Gasteiger partial charge in [-0.3, -0.25) is 9.89 Å². The molecule has 0 spiro atoms. The minimum Gasteiger partial charge on any atom is -0.345 e. The number of carbonyl (C=O) groups is 1. The van der Waals surface area contributed by atoms with E-state index in [0.29, 0.717) is 24.7 Å². The van der Waals surface area contributed by atoms with Crippen LogP contribution in [0.25, 0.3) is 10.2 Å². The van der Waals surface area contributed by atoms with E-state index < -0.39 is 0 Å². The van der Waals surface area contributed by atoms with Gasteiger partial charge >= 0.3 is 0 Å². The molecule has 1 amide bonds. The molecule has 0 unspecified atom stereocenters. The van der Waals surface area contributed by atoms with E-state index >= 15 is 0 Å². The molecule has 0 bridgehead atoms. The Kier molecular flexibility index (Phi) is 4.11. The number of amides is 1. The average Bonchev–Trinajstić information content (AvgIpc) is 3.31. The predicted molar refractivity (Wildman–Crippen MR) is 108 cm³/mol. The highest BCUT2D eigenvalue weighted by Crippen LogP contribution is 2.30. The van der Waals surface area contributed by atoms with Gasteiger partial charge in [-0.05, 0) is 37.3 Å². The molecule has 1 saturated heterocycles. The van der Waals surface area contributed by atoms with Crippen LogP contribution in [0.2, 0.25) is 0 Å². The summed E-state index contributed by atoms with van der Waals surface area (Å²) in [4.78, 5) is 22.0. The lowest BCUT2D eigenvalue weighted by Gasteiger charge is -2.34. The number of aromatic nitrogens is 3. The van der Waals surface area contributed by atoms with Gasteiger partial charge in [0.25, 0.3) is 5.91 Å². The van der Waals surface area contributed by atoms with Crippen LogP contribution >= 0.6 is 11.3 Å². The Hall–Kier alpha value is -2.41. The van der Waals surface area contributed by atoms with Gasteiger partial charge in [0.15, 0.2) is 10.8 Å². The number of thiazole rings is 1. The van der Waals surface area contributed by atoms with Crippen LogP contribution in [0.3, 0.4) is 0 Å². The van der Waals surface area contributed by atoms with Crippen LogP contribution in [0, 0.1) is 5.92 Å². The molecule has 6 nitrogen and oxygen atoms in total. The zero-order valence-electron chi connectivity index (χ0n) is 15.4. The second-order valence-corrected chi connectivity index (χ2v) is 8.63. The molecule has 2 aromatic heterocycles. The highest BCUT2D eigenvalue weighted by molar-refractivity contribution is 7.22. The number of carbonyl (C=O) groups excluding carboxylic acids is 1. The third-order valence-electron chi connectivity index (χ3n) is 5.72. The lowest BCUT2D eigenvalue weighted by Crippen LogP contribution is -2.49. The van der Waals surface area contributed by atoms with Crippen molar-refractivity contribution in [2.24, 2.45) is 5.92 Å². The number of rotatable bonds is 2. The summed E-state index contributed by atoms with van der Waals surface area (Å²) in [6, 6.07) is 8.23. The number of nitrogens with one attached hydrogen (secondary N) is 1. The number of benzene rings is 1. The molecule has 5 rings (SSSR count). The van der Waals surface area contributed by atoms with E-state index in [4.69, 9.17) is 4.98 Å². The Morgan fingerprint density at radius 1 is 1.22 bits per heavy atom. The molecule has 1 atom stereocenters. The third kappa shape index (κ3) is 3.00. The summed E-state index contributed by atoms with van der Waals surface area (Å²) >= 11 is 1.72. The van der Waals surface area contributed by atoms with Crippen molar-refractivity contribution in [2.75, 3.05) is 31.1 Å². The fourth-order valence-corrected chi connectivity index (χ4v) is 5.11. The van der Waals surface area contributed by atoms with Crippen LogP contribution < -0.4 is 4.90 Å². The molecule has 27 heavy (non-hydrogen) atoms. The molecule has 1 aliphatic carbocycles. The van der Waals surface area contributed by atoms with Gasteiger partial charge in [-0.25, -0.2) is 4.98 Å². The summed E-state index contributed by atoms with van der Waals surface area (Å²) in [5.74, 6) is 0.697. The van der Waals surface area contributed by atoms with Crippen molar-refractivity contribution in [3.63, 3.8) is 0 Å². The van der Waals surface area contributed by atoms with Gasteiger partial charge < -0.3 is 9.80 Å². The minimum absolute atomic E-state index is 0.0746. The number of aromatic amines is 1. The Morgan fingerprint density at radius 2 is 2.04 bits per heavy atom. The Labute approximate surface area is 162 Å². The summed E-state index contributed by atoms with van der Waals surface area (Å²) in [5, 5.41) is 8.52. The zero-order chi connectivity index (χ0) is 18.4. The summed E-state index contributed by atoms with van der Waals surface area (Å²) in [7, 11) is 0. The van der Waals surface area contributed by atoms with E-state index in [0.717, 1.165) is 47.8 Å². The molecule has 3 aromatic rings. The van der Waals surface area contributed by atoms with Gasteiger partial charge in [0.05, 0.1) is 10.2 Å². The van der Waals surface area contributed by atoms with Gasteiger partial charge in [-0.1, -0.05) is 30.4 Å². The van der Waals surface area contributed by atoms with Gasteiger partial charge in [-0.15, -0.1) is 0 Å². The first-order chi connectivity index (χ1) is 13.2. The van der Waals surface area contributed by atoms with Crippen LogP contribution in [-0.2, 0) is 12.8 Å². The van der Waals surface area contributed by atoms with Crippen molar-refractivity contribution in [2.45, 2.75) is 26.2 Å². The quantitative estimate of drug-likeness (QED) is 0.741. The van der Waals surface area contributed by atoms with Crippen molar-refractivity contribution in [1.29, 1.82) is 0 Å². The molecule has 140 valence electrons. The summed E-state index contributed by atoms with van der Waals surface area (Å²) < 4.78 is 1.21. The van der Waals surface area contributed by atoms with Crippen molar-refractivity contribution in [1.82, 2.24) is 20.1 Å². The van der Waals surface area contributed by atoms with Crippen molar-refractivity contribution in [3.8, 4) is 0 Å². The number of fused-ring (bicyclic) bond motifs is 2. The van der Waals surface area contributed by atoms with Crippen LogP contribution in [0.5, 0.6) is 0 Å². The maximum atomic E-state index is 13.0. The number of hydrogen-bond acceptors (Lipinski definition) is 5. The zero-order valence-corrected chi connectivity index (χ0v) is 16.3. The van der Waals surface area contributed by atoms with E-state index in [1.165, 1.54) is 11.1 Å². The summed E-state index contributed by atoms with van der Waals surface area (Å²) in [6.07, 6.45) is 3.13. The summed E-state index contributed by atoms with van der Waals surface area (Å²) in [5.41, 5.74) is 4.00. The smallest absolute Gasteiger partial charge is 0.274 e. The number of hydrogen-bond donors (Lipinski definition) is 1. The first kappa shape index (κ1) is 16.7. The van der Waals surface area contributed by atoms with Crippen LogP contribution in [-0.4, -0.2) is 52.2 Å². The molecule has 1 aromatic carbocycles. The number of piperazine rings is 1. The lowest BCUT2D eigenvalue weighted by molar-refractivity contribution is 0.0739. The van der Waals surface area contributed by atoms with Crippen LogP contribution in [0.4, 0.5) is 5.13 Å². The molecular weight excluding hydrogens is 358 g/mol. The monoisotopic (exact) mass is 381 g/mol. The molecule has 2 aliphatic rings. The molecule has 0 radical (unpaired) electrons. The molecule has 1 N–H and O–H groups in total. The number of para-hydroxylation sites is 1. The minimum atomic E-state index is 0.0746. The number of anilines is 1. The second-order valence-electron chi connectivity index (χ2n) is 7.62. The SMILES string of the molecule is C[C@@H]1CCc2[nH]nc(C(=O)N3CCN(c4nc5ccccc5s4)CC3)c2C1. The molecule has 3 heterocycles. The van der Waals surface area contributed by atoms with Gasteiger partial charge in [0.2, 0.25) is 0 Å². The van der Waals surface area contributed by atoms with E-state index in [1.807, 2.05) is 17.0 Å². The van der Waals surface area contributed by atoms with Crippen LogP contribution in [0.1, 0.15) is 35.1 Å². The largest absolute Gasteiger partial charge is 0.345 e. The molecule has 7 heteroatoms. The van der Waals surface area contributed by atoms with E-state index in [9.17, 15) is 4.79 Å². The molecular formula is C20H23N5OS. The number of H-pyrrole nitrogens is 1. The van der Waals surface area contributed by atoms with Gasteiger partial charge in [-0.2, -0.15) is 5.10 Å². The highest BCUT2D eigenvalue weighted by Gasteiger charge is 2.30. The van der Waals surface area contributed by atoms with E-state index in [2.05, 4.69) is 34.2 Å². The third-order valence-corrected chi connectivity index (χ3v) is 6.81. The Morgan fingerprint density at radius 3 is 2.85 bits per heavy atom. The lowest BCUT2D eigenvalue weighted by atomic mass is 9.87. The maximum Gasteiger partial charge on any atom is 0.274 e. The maximum absolute atomic E-state index is 13.0. The Balaban J connectivity index is 1.29. The van der Waals surface area contributed by atoms with Crippen molar-refractivity contribution in [3.05, 3.63) is 41.2 Å². The molecule has 0 saturated carbocycles. The first-order valence-corrected chi connectivity index (χ1v) is 10.5. The average molecular weight is 382 g/mol. The Bertz CT molecular complexity index is 952. The normalized spacial score (nSPS) is 20.1. The standard InChI is InChI=1S/C20H23N5OS/c1-13-6-7-15-14(12-13)18(23-22-15)19(26)24-8-10-25(11-9-24)20-21-16-4-2-3-5-17(16)27-20/h2-5,13H,6-12H2,1H3,(H,22,23)/t13-/m1/s1. The van der Waals surface area contributed by atoms with Gasteiger partial charge in [0, 0.05) is 37.4 Å². The first-order valence-electron chi connectivity index (χ1n) is 9.65. The van der Waals surface area contributed by atoms with Crippen LogP contribution in [0.15, 0.2) is 24.3 Å². The van der Waals surface area contributed by atoms with Crippen molar-refractivity contribution >= 4 is 32.6 Å². The number of aryl methyl sites for hydroxylation is 1. The fraction of sp³-hybridized carbons (Fsp3) is 0.450. The van der Waals surface area contributed by atoms with Crippen molar-refractivity contribution < 1.29 is 4.79 Å². The topological polar surface area (TPSA) is 65.1 Å². The second kappa shape index (κ2) is 6.64. The molecule has 1 fully saturated rings. The fourth-order valence-electron chi connectivity index (χ4n) is 4.09. The number of nitrogens with zero attached hydrogens (tertiary/aromatic N) is 4. The highest BCUT2D eigenvalue weighted by atomic mass is 32.1. The van der Waals surface area contributed by atoms with E-state index in [1.54, 1.807) is 11.3 Å². The predicted octanol–water partition coefficient (Wildman–Crippen LogP) is 3.11. The van der Waals surface area contributed by atoms with E-state index in [-0.39, 0.29) is 5.91 Å². The summed E-state index contributed by atoms with van der Waals surface area (Å²) in [6.45, 7) is 5.31.